The van der Waals surface area contributed by atoms with E-state index in [0.717, 1.165) is 17.0 Å². The number of thioether (sulfide) groups is 1. The highest BCUT2D eigenvalue weighted by molar-refractivity contribution is 7.99. The largest absolute Gasteiger partial charge is 0.508 e. The van der Waals surface area contributed by atoms with Gasteiger partial charge in [-0.25, -0.2) is 0 Å². The van der Waals surface area contributed by atoms with Crippen LogP contribution in [0.1, 0.15) is 12.5 Å². The lowest BCUT2D eigenvalue weighted by molar-refractivity contribution is 0.469. The Kier molecular flexibility index (Phi) is 4.53. The van der Waals surface area contributed by atoms with Crippen LogP contribution in [0.5, 0.6) is 5.75 Å². The molecule has 0 saturated heterocycles. The molecule has 0 aliphatic rings. The standard InChI is InChI=1S/C15H17NOS/c1-2-18-15-10-6-4-8-13(15)16-11-12-7-3-5-9-14(12)17/h3-10,16-17H,2,11H2,1H3. The number of phenols is 1. The second kappa shape index (κ2) is 6.36. The molecule has 0 aliphatic heterocycles. The van der Waals surface area contributed by atoms with E-state index in [4.69, 9.17) is 0 Å². The van der Waals surface area contributed by atoms with Gasteiger partial charge in [-0.2, -0.15) is 0 Å². The van der Waals surface area contributed by atoms with Crippen molar-refractivity contribution in [3.05, 3.63) is 54.1 Å². The highest BCUT2D eigenvalue weighted by Crippen LogP contribution is 2.27. The summed E-state index contributed by atoms with van der Waals surface area (Å²) >= 11 is 1.82. The summed E-state index contributed by atoms with van der Waals surface area (Å²) < 4.78 is 0. The van der Waals surface area contributed by atoms with Gasteiger partial charge in [-0.1, -0.05) is 37.3 Å². The first-order valence-corrected chi connectivity index (χ1v) is 7.02. The summed E-state index contributed by atoms with van der Waals surface area (Å²) in [6.07, 6.45) is 0. The molecule has 2 aromatic carbocycles. The summed E-state index contributed by atoms with van der Waals surface area (Å²) in [5.41, 5.74) is 2.03. The van der Waals surface area contributed by atoms with Gasteiger partial charge in [0.15, 0.2) is 0 Å². The molecular weight excluding hydrogens is 242 g/mol. The molecule has 0 atom stereocenters. The molecule has 3 heteroatoms. The Labute approximate surface area is 112 Å². The van der Waals surface area contributed by atoms with Crippen LogP contribution in [0, 0.1) is 0 Å². The van der Waals surface area contributed by atoms with Gasteiger partial charge in [-0.3, -0.25) is 0 Å². The number of aromatic hydroxyl groups is 1. The molecule has 18 heavy (non-hydrogen) atoms. The minimum Gasteiger partial charge on any atom is -0.508 e. The van der Waals surface area contributed by atoms with Gasteiger partial charge < -0.3 is 10.4 Å². The van der Waals surface area contributed by atoms with Crippen molar-refractivity contribution in [1.82, 2.24) is 0 Å². The molecule has 0 aromatic heterocycles. The maximum absolute atomic E-state index is 9.72. The van der Waals surface area contributed by atoms with Crippen LogP contribution in [0.25, 0.3) is 0 Å². The fraction of sp³-hybridized carbons (Fsp3) is 0.200. The predicted molar refractivity (Wildman–Crippen MR) is 78.3 cm³/mol. The average molecular weight is 259 g/mol. The van der Waals surface area contributed by atoms with Crippen LogP contribution in [0.2, 0.25) is 0 Å². The van der Waals surface area contributed by atoms with Crippen molar-refractivity contribution < 1.29 is 5.11 Å². The molecule has 94 valence electrons. The smallest absolute Gasteiger partial charge is 0.120 e. The second-order valence-electron chi connectivity index (χ2n) is 3.91. The summed E-state index contributed by atoms with van der Waals surface area (Å²) in [4.78, 5) is 1.25. The molecule has 0 fully saturated rings. The molecule has 2 N–H and O–H groups in total. The molecule has 0 aliphatic carbocycles. The van der Waals surface area contributed by atoms with Crippen molar-refractivity contribution in [3.8, 4) is 5.75 Å². The molecule has 0 amide bonds. The molecular formula is C15H17NOS. The van der Waals surface area contributed by atoms with Crippen LogP contribution in [0.3, 0.4) is 0 Å². The highest BCUT2D eigenvalue weighted by atomic mass is 32.2. The maximum atomic E-state index is 9.72. The Balaban J connectivity index is 2.08. The number of nitrogens with one attached hydrogen (secondary N) is 1. The topological polar surface area (TPSA) is 32.3 Å². The summed E-state index contributed by atoms with van der Waals surface area (Å²) in [7, 11) is 0. The van der Waals surface area contributed by atoms with Gasteiger partial charge in [0.25, 0.3) is 0 Å². The van der Waals surface area contributed by atoms with Gasteiger partial charge in [-0.05, 0) is 24.0 Å². The van der Waals surface area contributed by atoms with E-state index in [1.807, 2.05) is 42.1 Å². The zero-order chi connectivity index (χ0) is 12.8. The lowest BCUT2D eigenvalue weighted by atomic mass is 10.2. The third-order valence-electron chi connectivity index (χ3n) is 2.65. The Morgan fingerprint density at radius 3 is 2.56 bits per heavy atom. The number of phenolic OH excluding ortho intramolecular Hbond substituents is 1. The monoisotopic (exact) mass is 259 g/mol. The third-order valence-corrected chi connectivity index (χ3v) is 3.60. The Bertz CT molecular complexity index is 513. The number of anilines is 1. The van der Waals surface area contributed by atoms with Crippen LogP contribution >= 0.6 is 11.8 Å². The first kappa shape index (κ1) is 12.8. The summed E-state index contributed by atoms with van der Waals surface area (Å²) in [5, 5.41) is 13.1. The van der Waals surface area contributed by atoms with Gasteiger partial charge in [0.2, 0.25) is 0 Å². The van der Waals surface area contributed by atoms with E-state index in [-0.39, 0.29) is 0 Å². The van der Waals surface area contributed by atoms with Crippen molar-refractivity contribution in [2.24, 2.45) is 0 Å². The second-order valence-corrected chi connectivity index (χ2v) is 5.22. The Morgan fingerprint density at radius 1 is 1.06 bits per heavy atom. The SMILES string of the molecule is CCSc1ccccc1NCc1ccccc1O. The number of hydrogen-bond donors (Lipinski definition) is 2. The molecule has 0 spiro atoms. The minimum atomic E-state index is 0.339. The van der Waals surface area contributed by atoms with Crippen molar-refractivity contribution in [2.75, 3.05) is 11.1 Å². The van der Waals surface area contributed by atoms with Gasteiger partial charge in [-0.15, -0.1) is 11.8 Å². The Morgan fingerprint density at radius 2 is 1.78 bits per heavy atom. The summed E-state index contributed by atoms with van der Waals surface area (Å²) in [5.74, 6) is 1.39. The van der Waals surface area contributed by atoms with E-state index in [9.17, 15) is 5.11 Å². The maximum Gasteiger partial charge on any atom is 0.120 e. The van der Waals surface area contributed by atoms with Crippen molar-refractivity contribution >= 4 is 17.4 Å². The van der Waals surface area contributed by atoms with Crippen LogP contribution < -0.4 is 5.32 Å². The third kappa shape index (κ3) is 3.20. The number of para-hydroxylation sites is 2. The van der Waals surface area contributed by atoms with E-state index >= 15 is 0 Å². The zero-order valence-electron chi connectivity index (χ0n) is 10.4. The van der Waals surface area contributed by atoms with E-state index in [1.165, 1.54) is 4.90 Å². The van der Waals surface area contributed by atoms with Crippen LogP contribution in [-0.4, -0.2) is 10.9 Å². The van der Waals surface area contributed by atoms with Gasteiger partial charge in [0.05, 0.1) is 0 Å². The van der Waals surface area contributed by atoms with Crippen LogP contribution in [0.4, 0.5) is 5.69 Å². The van der Waals surface area contributed by atoms with Crippen LogP contribution in [-0.2, 0) is 6.54 Å². The first-order valence-electron chi connectivity index (χ1n) is 6.04. The molecule has 0 radical (unpaired) electrons. The first-order chi connectivity index (χ1) is 8.81. The molecule has 2 aromatic rings. The quantitative estimate of drug-likeness (QED) is 0.792. The lowest BCUT2D eigenvalue weighted by Gasteiger charge is -2.11. The van der Waals surface area contributed by atoms with Gasteiger partial charge in [0, 0.05) is 22.7 Å². The fourth-order valence-electron chi connectivity index (χ4n) is 1.74. The van der Waals surface area contributed by atoms with Gasteiger partial charge >= 0.3 is 0 Å². The number of benzene rings is 2. The zero-order valence-corrected chi connectivity index (χ0v) is 11.2. The average Bonchev–Trinajstić information content (AvgIpc) is 2.40. The van der Waals surface area contributed by atoms with Crippen molar-refractivity contribution in [1.29, 1.82) is 0 Å². The molecule has 2 rings (SSSR count). The molecule has 2 nitrogen and oxygen atoms in total. The molecule has 0 bridgehead atoms. The Hall–Kier alpha value is -1.61. The van der Waals surface area contributed by atoms with E-state index in [0.29, 0.717) is 12.3 Å². The summed E-state index contributed by atoms with van der Waals surface area (Å²) in [6, 6.07) is 15.7. The lowest BCUT2D eigenvalue weighted by Crippen LogP contribution is -2.00. The van der Waals surface area contributed by atoms with Gasteiger partial charge in [0.1, 0.15) is 5.75 Å². The summed E-state index contributed by atoms with van der Waals surface area (Å²) in [6.45, 7) is 2.78. The predicted octanol–water partition coefficient (Wildman–Crippen LogP) is 4.12. The van der Waals surface area contributed by atoms with E-state index in [2.05, 4.69) is 24.4 Å². The molecule has 0 unspecified atom stereocenters. The molecule has 0 saturated carbocycles. The van der Waals surface area contributed by atoms with E-state index in [1.54, 1.807) is 6.07 Å². The van der Waals surface area contributed by atoms with E-state index < -0.39 is 0 Å². The number of hydrogen-bond acceptors (Lipinski definition) is 3. The highest BCUT2D eigenvalue weighted by Gasteiger charge is 2.03. The van der Waals surface area contributed by atoms with Crippen LogP contribution in [0.15, 0.2) is 53.4 Å². The number of rotatable bonds is 5. The van der Waals surface area contributed by atoms with Crippen molar-refractivity contribution in [3.63, 3.8) is 0 Å². The minimum absolute atomic E-state index is 0.339. The molecule has 0 heterocycles. The fourth-order valence-corrected chi connectivity index (χ4v) is 2.53. The normalized spacial score (nSPS) is 10.3. The van der Waals surface area contributed by atoms with Crippen molar-refractivity contribution in [2.45, 2.75) is 18.4 Å².